The Labute approximate surface area is 143 Å². The highest BCUT2D eigenvalue weighted by Crippen LogP contribution is 2.18. The van der Waals surface area contributed by atoms with Gasteiger partial charge in [-0.05, 0) is 35.5 Å². The number of nitrogens with zero attached hydrogens (tertiary/aromatic N) is 1. The van der Waals surface area contributed by atoms with Gasteiger partial charge in [-0.15, -0.1) is 0 Å². The van der Waals surface area contributed by atoms with Crippen molar-refractivity contribution in [2.45, 2.75) is 26.7 Å². The Morgan fingerprint density at radius 3 is 2.46 bits per heavy atom. The molecule has 0 unspecified atom stereocenters. The van der Waals surface area contributed by atoms with Gasteiger partial charge in [-0.3, -0.25) is 4.79 Å². The summed E-state index contributed by atoms with van der Waals surface area (Å²) in [6, 6.07) is 15.1. The zero-order chi connectivity index (χ0) is 17.5. The van der Waals surface area contributed by atoms with E-state index in [9.17, 15) is 14.8 Å². The molecule has 1 aliphatic rings. The van der Waals surface area contributed by atoms with Gasteiger partial charge in [0, 0.05) is 18.7 Å². The standard InChI is InChI=1S/C17H18BNO3.C2H6/c20-17-16-7-6-15(18(21)22)12-14(16)9-11-19(17)10-8-13-4-2-1-3-5-13;1-2/h1-7,12,21-22H,8-11H2;1-2H3. The molecule has 126 valence electrons. The maximum absolute atomic E-state index is 12.5. The molecule has 3 rings (SSSR count). The summed E-state index contributed by atoms with van der Waals surface area (Å²) in [6.45, 7) is 5.37. The van der Waals surface area contributed by atoms with Crippen LogP contribution in [0.2, 0.25) is 0 Å². The molecule has 0 atom stereocenters. The molecule has 1 aliphatic heterocycles. The van der Waals surface area contributed by atoms with Crippen LogP contribution in [0.3, 0.4) is 0 Å². The second-order valence-corrected chi connectivity index (χ2v) is 5.57. The molecule has 2 aromatic carbocycles. The molecule has 4 nitrogen and oxygen atoms in total. The molecule has 1 amide bonds. The maximum Gasteiger partial charge on any atom is 0.488 e. The molecule has 0 radical (unpaired) electrons. The largest absolute Gasteiger partial charge is 0.488 e. The number of rotatable bonds is 4. The Hall–Kier alpha value is -2.11. The Bertz CT molecular complexity index is 674. The van der Waals surface area contributed by atoms with Crippen LogP contribution in [0, 0.1) is 0 Å². The molecule has 2 aromatic rings. The monoisotopic (exact) mass is 325 g/mol. The van der Waals surface area contributed by atoms with Crippen molar-refractivity contribution in [3.05, 3.63) is 65.2 Å². The maximum atomic E-state index is 12.5. The van der Waals surface area contributed by atoms with Gasteiger partial charge in [-0.2, -0.15) is 0 Å². The molecular formula is C19H24BNO3. The summed E-state index contributed by atoms with van der Waals surface area (Å²) in [7, 11) is -1.49. The van der Waals surface area contributed by atoms with Gasteiger partial charge in [0.05, 0.1) is 0 Å². The quantitative estimate of drug-likeness (QED) is 0.840. The molecule has 0 aromatic heterocycles. The molecule has 5 heteroatoms. The molecule has 0 saturated carbocycles. The Morgan fingerprint density at radius 2 is 1.79 bits per heavy atom. The van der Waals surface area contributed by atoms with Gasteiger partial charge in [0.2, 0.25) is 0 Å². The lowest BCUT2D eigenvalue weighted by molar-refractivity contribution is 0.0742. The molecule has 1 heterocycles. The lowest BCUT2D eigenvalue weighted by Gasteiger charge is -2.29. The SMILES string of the molecule is CC.O=C1c2ccc(B(O)O)cc2CCN1CCc1ccccc1. The van der Waals surface area contributed by atoms with E-state index in [4.69, 9.17) is 0 Å². The molecule has 2 N–H and O–H groups in total. The molecule has 0 saturated heterocycles. The van der Waals surface area contributed by atoms with Gasteiger partial charge in [-0.1, -0.05) is 56.3 Å². The van der Waals surface area contributed by atoms with Crippen LogP contribution in [0.15, 0.2) is 48.5 Å². The number of carbonyl (C=O) groups is 1. The van der Waals surface area contributed by atoms with E-state index in [1.165, 1.54) is 5.56 Å². The predicted molar refractivity (Wildman–Crippen MR) is 97.4 cm³/mol. The van der Waals surface area contributed by atoms with Crippen LogP contribution in [0.25, 0.3) is 0 Å². The third-order valence-corrected chi connectivity index (χ3v) is 4.11. The zero-order valence-corrected chi connectivity index (χ0v) is 14.3. The topological polar surface area (TPSA) is 60.8 Å². The first-order chi connectivity index (χ1) is 11.6. The summed E-state index contributed by atoms with van der Waals surface area (Å²) in [5.41, 5.74) is 3.22. The van der Waals surface area contributed by atoms with Crippen molar-refractivity contribution in [2.75, 3.05) is 13.1 Å². The second kappa shape index (κ2) is 8.66. The summed E-state index contributed by atoms with van der Waals surface area (Å²) in [5, 5.41) is 18.4. The van der Waals surface area contributed by atoms with Gasteiger partial charge in [0.25, 0.3) is 5.91 Å². The zero-order valence-electron chi connectivity index (χ0n) is 14.3. The molecule has 0 fully saturated rings. The van der Waals surface area contributed by atoms with Crippen molar-refractivity contribution in [2.24, 2.45) is 0 Å². The van der Waals surface area contributed by atoms with Crippen LogP contribution in [0.1, 0.15) is 35.3 Å². The van der Waals surface area contributed by atoms with Gasteiger partial charge in [0.15, 0.2) is 0 Å². The first-order valence-electron chi connectivity index (χ1n) is 8.47. The predicted octanol–water partition coefficient (Wildman–Crippen LogP) is 1.63. The average Bonchev–Trinajstić information content (AvgIpc) is 2.63. The molecule has 0 spiro atoms. The van der Waals surface area contributed by atoms with Crippen LogP contribution in [-0.4, -0.2) is 41.1 Å². The van der Waals surface area contributed by atoms with Gasteiger partial charge in [-0.25, -0.2) is 0 Å². The van der Waals surface area contributed by atoms with E-state index in [0.717, 1.165) is 18.4 Å². The number of fused-ring (bicyclic) bond motifs is 1. The van der Waals surface area contributed by atoms with E-state index in [0.29, 0.717) is 24.1 Å². The number of amides is 1. The van der Waals surface area contributed by atoms with Gasteiger partial charge in [0.1, 0.15) is 0 Å². The highest BCUT2D eigenvalue weighted by atomic mass is 16.4. The van der Waals surface area contributed by atoms with E-state index in [2.05, 4.69) is 12.1 Å². The molecular weight excluding hydrogens is 301 g/mol. The molecule has 24 heavy (non-hydrogen) atoms. The van der Waals surface area contributed by atoms with Crippen molar-refractivity contribution in [1.82, 2.24) is 4.90 Å². The fourth-order valence-corrected chi connectivity index (χ4v) is 2.84. The van der Waals surface area contributed by atoms with Gasteiger partial charge < -0.3 is 14.9 Å². The van der Waals surface area contributed by atoms with E-state index in [-0.39, 0.29) is 5.91 Å². The third-order valence-electron chi connectivity index (χ3n) is 4.11. The lowest BCUT2D eigenvalue weighted by Crippen LogP contribution is -2.40. The van der Waals surface area contributed by atoms with E-state index < -0.39 is 7.12 Å². The minimum atomic E-state index is -1.49. The smallest absolute Gasteiger partial charge is 0.423 e. The Balaban J connectivity index is 0.00000100. The summed E-state index contributed by atoms with van der Waals surface area (Å²) < 4.78 is 0. The number of hydrogen-bond acceptors (Lipinski definition) is 3. The second-order valence-electron chi connectivity index (χ2n) is 5.57. The van der Waals surface area contributed by atoms with Crippen LogP contribution in [-0.2, 0) is 12.8 Å². The minimum Gasteiger partial charge on any atom is -0.423 e. The van der Waals surface area contributed by atoms with E-state index in [1.807, 2.05) is 36.9 Å². The minimum absolute atomic E-state index is 0.0242. The Kier molecular flexibility index (Phi) is 6.58. The summed E-state index contributed by atoms with van der Waals surface area (Å²) >= 11 is 0. The number of hydrogen-bond donors (Lipinski definition) is 2. The number of benzene rings is 2. The van der Waals surface area contributed by atoms with Crippen LogP contribution in [0.5, 0.6) is 0 Å². The van der Waals surface area contributed by atoms with Crippen molar-refractivity contribution >= 4 is 18.5 Å². The molecule has 0 aliphatic carbocycles. The highest BCUT2D eigenvalue weighted by molar-refractivity contribution is 6.58. The lowest BCUT2D eigenvalue weighted by atomic mass is 9.78. The summed E-state index contributed by atoms with van der Waals surface area (Å²) in [5.74, 6) is 0.0242. The van der Waals surface area contributed by atoms with Crippen molar-refractivity contribution in [1.29, 1.82) is 0 Å². The van der Waals surface area contributed by atoms with E-state index >= 15 is 0 Å². The summed E-state index contributed by atoms with van der Waals surface area (Å²) in [4.78, 5) is 14.4. The molecule has 0 bridgehead atoms. The normalized spacial score (nSPS) is 13.0. The highest BCUT2D eigenvalue weighted by Gasteiger charge is 2.25. The van der Waals surface area contributed by atoms with E-state index in [1.54, 1.807) is 18.2 Å². The fraction of sp³-hybridized carbons (Fsp3) is 0.316. The average molecular weight is 325 g/mol. The summed E-state index contributed by atoms with van der Waals surface area (Å²) in [6.07, 6.45) is 1.59. The van der Waals surface area contributed by atoms with Crippen molar-refractivity contribution in [3.63, 3.8) is 0 Å². The van der Waals surface area contributed by atoms with Crippen LogP contribution >= 0.6 is 0 Å². The fourth-order valence-electron chi connectivity index (χ4n) is 2.84. The number of carbonyl (C=O) groups excluding carboxylic acids is 1. The Morgan fingerprint density at radius 1 is 1.08 bits per heavy atom. The van der Waals surface area contributed by atoms with Crippen molar-refractivity contribution < 1.29 is 14.8 Å². The first kappa shape index (κ1) is 18.2. The van der Waals surface area contributed by atoms with Crippen LogP contribution < -0.4 is 5.46 Å². The van der Waals surface area contributed by atoms with Gasteiger partial charge >= 0.3 is 7.12 Å². The first-order valence-corrected chi connectivity index (χ1v) is 8.47. The van der Waals surface area contributed by atoms with Crippen LogP contribution in [0.4, 0.5) is 0 Å². The third kappa shape index (κ3) is 4.25. The van der Waals surface area contributed by atoms with Crippen molar-refractivity contribution in [3.8, 4) is 0 Å².